The molecule has 0 N–H and O–H groups in total. The molecule has 0 aliphatic rings. The molecule has 128 valence electrons. The minimum absolute atomic E-state index is 0.108. The largest absolute Gasteiger partial charge is 0.493 e. The van der Waals surface area contributed by atoms with E-state index in [0.717, 1.165) is 6.07 Å². The Bertz CT molecular complexity index is 1050. The number of ether oxygens (including phenoxy) is 2. The molecule has 2 aromatic carbocycles. The molecule has 0 aliphatic carbocycles. The highest BCUT2D eigenvalue weighted by atomic mass is 35.5. The van der Waals surface area contributed by atoms with E-state index in [1.807, 2.05) is 0 Å². The van der Waals surface area contributed by atoms with Crippen LogP contribution in [0, 0.1) is 5.82 Å². The van der Waals surface area contributed by atoms with Gasteiger partial charge in [-0.15, -0.1) is 0 Å². The number of carbonyl (C=O) groups excluding carboxylic acids is 1. The van der Waals surface area contributed by atoms with Crippen molar-refractivity contribution >= 4 is 28.5 Å². The van der Waals surface area contributed by atoms with Crippen molar-refractivity contribution in [2.75, 3.05) is 7.11 Å². The Morgan fingerprint density at radius 1 is 1.24 bits per heavy atom. The molecule has 0 unspecified atom stereocenters. The smallest absolute Gasteiger partial charge is 0.308 e. The minimum atomic E-state index is -0.589. The minimum Gasteiger partial charge on any atom is -0.493 e. The quantitative estimate of drug-likeness (QED) is 0.529. The number of nitrogens with zero attached hydrogens (tertiary/aromatic N) is 2. The van der Waals surface area contributed by atoms with Gasteiger partial charge < -0.3 is 9.47 Å². The van der Waals surface area contributed by atoms with Gasteiger partial charge >= 0.3 is 5.97 Å². The summed E-state index contributed by atoms with van der Waals surface area (Å²) in [4.78, 5) is 28.2. The molecular formula is C17H12ClFN2O4. The molecule has 0 spiro atoms. The molecule has 0 radical (unpaired) electrons. The molecule has 0 amide bonds. The van der Waals surface area contributed by atoms with Crippen LogP contribution < -0.4 is 15.0 Å². The summed E-state index contributed by atoms with van der Waals surface area (Å²) < 4.78 is 24.8. The van der Waals surface area contributed by atoms with Crippen molar-refractivity contribution in [1.29, 1.82) is 0 Å². The molecule has 0 fully saturated rings. The lowest BCUT2D eigenvalue weighted by atomic mass is 10.2. The van der Waals surface area contributed by atoms with Crippen molar-refractivity contribution in [3.8, 4) is 17.2 Å². The second kappa shape index (κ2) is 6.52. The molecule has 0 saturated heterocycles. The number of methoxy groups -OCH3 is 1. The third kappa shape index (κ3) is 3.18. The van der Waals surface area contributed by atoms with Gasteiger partial charge in [0.25, 0.3) is 5.56 Å². The van der Waals surface area contributed by atoms with Crippen LogP contribution in [0.2, 0.25) is 5.02 Å². The second-order valence-corrected chi connectivity index (χ2v) is 5.54. The maximum Gasteiger partial charge on any atom is 0.308 e. The number of fused-ring (bicyclic) bond motifs is 1. The Morgan fingerprint density at radius 2 is 2.00 bits per heavy atom. The zero-order valence-electron chi connectivity index (χ0n) is 13.2. The molecule has 0 saturated carbocycles. The number of hydrogen-bond acceptors (Lipinski definition) is 5. The number of benzene rings is 2. The van der Waals surface area contributed by atoms with Gasteiger partial charge in [0.2, 0.25) is 0 Å². The number of halogens is 2. The van der Waals surface area contributed by atoms with Crippen molar-refractivity contribution in [3.63, 3.8) is 0 Å². The Balaban J connectivity index is 2.23. The van der Waals surface area contributed by atoms with Gasteiger partial charge in [-0.05, 0) is 24.3 Å². The molecule has 1 heterocycles. The highest BCUT2D eigenvalue weighted by Crippen LogP contribution is 2.30. The molecule has 8 heteroatoms. The summed E-state index contributed by atoms with van der Waals surface area (Å²) in [5.41, 5.74) is 0.293. The van der Waals surface area contributed by atoms with Crippen LogP contribution in [0.15, 0.2) is 41.5 Å². The summed E-state index contributed by atoms with van der Waals surface area (Å²) >= 11 is 5.77. The van der Waals surface area contributed by atoms with Crippen LogP contribution in [0.4, 0.5) is 4.39 Å². The van der Waals surface area contributed by atoms with E-state index in [-0.39, 0.29) is 21.9 Å². The van der Waals surface area contributed by atoms with Crippen LogP contribution in [0.3, 0.4) is 0 Å². The zero-order chi connectivity index (χ0) is 18.1. The number of aromatic nitrogens is 2. The third-order valence-corrected chi connectivity index (χ3v) is 3.77. The fourth-order valence-corrected chi connectivity index (χ4v) is 2.52. The van der Waals surface area contributed by atoms with Crippen LogP contribution in [0.5, 0.6) is 11.5 Å². The third-order valence-electron chi connectivity index (χ3n) is 3.48. The summed E-state index contributed by atoms with van der Waals surface area (Å²) in [6.07, 6.45) is 1.30. The van der Waals surface area contributed by atoms with E-state index in [2.05, 4.69) is 4.98 Å². The van der Waals surface area contributed by atoms with Gasteiger partial charge in [0.15, 0.2) is 11.5 Å². The van der Waals surface area contributed by atoms with Gasteiger partial charge in [0.1, 0.15) is 12.1 Å². The Labute approximate surface area is 146 Å². The molecule has 1 aromatic heterocycles. The monoisotopic (exact) mass is 362 g/mol. The number of rotatable bonds is 3. The zero-order valence-corrected chi connectivity index (χ0v) is 14.0. The first-order valence-corrected chi connectivity index (χ1v) is 7.51. The lowest BCUT2D eigenvalue weighted by Crippen LogP contribution is -2.19. The Hall–Kier alpha value is -2.93. The fraction of sp³-hybridized carbons (Fsp3) is 0.118. The first-order valence-electron chi connectivity index (χ1n) is 7.14. The van der Waals surface area contributed by atoms with Gasteiger partial charge in [-0.1, -0.05) is 11.6 Å². The SMILES string of the molecule is COc1cc2ncn(-c3ccc(F)c(Cl)c3)c(=O)c2cc1OC(C)=O. The highest BCUT2D eigenvalue weighted by molar-refractivity contribution is 6.30. The summed E-state index contributed by atoms with van der Waals surface area (Å²) in [6.45, 7) is 1.24. The lowest BCUT2D eigenvalue weighted by molar-refractivity contribution is -0.132. The van der Waals surface area contributed by atoms with Crippen LogP contribution in [0.25, 0.3) is 16.6 Å². The molecule has 3 rings (SSSR count). The van der Waals surface area contributed by atoms with Crippen LogP contribution in [0.1, 0.15) is 6.92 Å². The molecule has 0 bridgehead atoms. The van der Waals surface area contributed by atoms with Gasteiger partial charge in [-0.2, -0.15) is 0 Å². The van der Waals surface area contributed by atoms with Gasteiger partial charge in [-0.3, -0.25) is 14.2 Å². The van der Waals surface area contributed by atoms with E-state index in [9.17, 15) is 14.0 Å². The first kappa shape index (κ1) is 16.9. The van der Waals surface area contributed by atoms with E-state index in [0.29, 0.717) is 11.2 Å². The van der Waals surface area contributed by atoms with E-state index in [1.54, 1.807) is 0 Å². The van der Waals surface area contributed by atoms with Gasteiger partial charge in [-0.25, -0.2) is 9.37 Å². The average Bonchev–Trinajstić information content (AvgIpc) is 2.57. The Morgan fingerprint density at radius 3 is 2.64 bits per heavy atom. The van der Waals surface area contributed by atoms with Crippen LogP contribution in [-0.4, -0.2) is 22.6 Å². The summed E-state index contributed by atoms with van der Waals surface area (Å²) in [6, 6.07) is 6.77. The molecule has 6 nitrogen and oxygen atoms in total. The van der Waals surface area contributed by atoms with Crippen LogP contribution in [-0.2, 0) is 4.79 Å². The molecular weight excluding hydrogens is 351 g/mol. The van der Waals surface area contributed by atoms with Gasteiger partial charge in [0, 0.05) is 13.0 Å². The molecule has 0 aliphatic heterocycles. The van der Waals surface area contributed by atoms with Crippen molar-refractivity contribution in [2.45, 2.75) is 6.92 Å². The van der Waals surface area contributed by atoms with Crippen molar-refractivity contribution in [2.24, 2.45) is 0 Å². The second-order valence-electron chi connectivity index (χ2n) is 5.13. The van der Waals surface area contributed by atoms with Crippen molar-refractivity contribution in [3.05, 3.63) is 57.9 Å². The lowest BCUT2D eigenvalue weighted by Gasteiger charge is -2.11. The summed E-state index contributed by atoms with van der Waals surface area (Å²) in [7, 11) is 1.41. The van der Waals surface area contributed by atoms with Crippen molar-refractivity contribution < 1.29 is 18.7 Å². The highest BCUT2D eigenvalue weighted by Gasteiger charge is 2.14. The maximum absolute atomic E-state index is 13.3. The molecule has 3 aromatic rings. The summed E-state index contributed by atoms with van der Waals surface area (Å²) in [5, 5.41) is 0.0971. The predicted octanol–water partition coefficient (Wildman–Crippen LogP) is 3.11. The Kier molecular flexibility index (Phi) is 4.41. The van der Waals surface area contributed by atoms with E-state index in [4.69, 9.17) is 21.1 Å². The number of esters is 1. The van der Waals surface area contributed by atoms with Crippen LogP contribution >= 0.6 is 11.6 Å². The van der Waals surface area contributed by atoms with E-state index in [1.165, 1.54) is 49.2 Å². The standard InChI is InChI=1S/C17H12ClFN2O4/c1-9(22)25-16-6-11-14(7-15(16)24-2)20-8-21(17(11)23)10-3-4-13(19)12(18)5-10/h3-8H,1-2H3. The maximum atomic E-state index is 13.3. The molecule has 0 atom stereocenters. The predicted molar refractivity (Wildman–Crippen MR) is 90.2 cm³/mol. The van der Waals surface area contributed by atoms with E-state index >= 15 is 0 Å². The van der Waals surface area contributed by atoms with Crippen molar-refractivity contribution in [1.82, 2.24) is 9.55 Å². The number of carbonyl (C=O) groups is 1. The molecule has 25 heavy (non-hydrogen) atoms. The summed E-state index contributed by atoms with van der Waals surface area (Å²) in [5.74, 6) is -0.755. The topological polar surface area (TPSA) is 70.4 Å². The van der Waals surface area contributed by atoms with Gasteiger partial charge in [0.05, 0.1) is 28.7 Å². The van der Waals surface area contributed by atoms with E-state index < -0.39 is 17.3 Å². The fourth-order valence-electron chi connectivity index (χ4n) is 2.34. The first-order chi connectivity index (χ1) is 11.9. The normalized spacial score (nSPS) is 10.7. The number of hydrogen-bond donors (Lipinski definition) is 0. The average molecular weight is 363 g/mol.